The number of aromatic nitrogens is 3. The van der Waals surface area contributed by atoms with E-state index in [2.05, 4.69) is 15.0 Å². The van der Waals surface area contributed by atoms with E-state index in [9.17, 15) is 0 Å². The normalized spacial score (nSPS) is 10.4. The van der Waals surface area contributed by atoms with Gasteiger partial charge in [0.1, 0.15) is 5.82 Å². The van der Waals surface area contributed by atoms with Crippen LogP contribution >= 0.6 is 0 Å². The molecular weight excluding hydrogens is 176 g/mol. The fourth-order valence-electron chi connectivity index (χ4n) is 1.30. The van der Waals surface area contributed by atoms with Gasteiger partial charge >= 0.3 is 0 Å². The Kier molecular flexibility index (Phi) is 2.55. The number of H-pyrrole nitrogens is 1. The van der Waals surface area contributed by atoms with Crippen LogP contribution in [0.3, 0.4) is 0 Å². The minimum Gasteiger partial charge on any atom is -0.345 e. The maximum atomic E-state index is 5.47. The summed E-state index contributed by atoms with van der Waals surface area (Å²) < 4.78 is 0. The molecule has 0 radical (unpaired) electrons. The van der Waals surface area contributed by atoms with Crippen LogP contribution in [0.25, 0.3) is 0 Å². The molecule has 0 aromatic carbocycles. The maximum absolute atomic E-state index is 5.47. The Bertz CT molecular complexity index is 394. The van der Waals surface area contributed by atoms with E-state index in [0.717, 1.165) is 23.5 Å². The van der Waals surface area contributed by atoms with Crippen molar-refractivity contribution in [2.45, 2.75) is 13.0 Å². The van der Waals surface area contributed by atoms with Crippen molar-refractivity contribution in [2.75, 3.05) is 0 Å². The Morgan fingerprint density at radius 2 is 2.29 bits per heavy atom. The first kappa shape index (κ1) is 8.90. The Balaban J connectivity index is 2.11. The monoisotopic (exact) mass is 188 g/mol. The maximum Gasteiger partial charge on any atom is 0.110 e. The molecular formula is C10H12N4. The lowest BCUT2D eigenvalue weighted by atomic mass is 10.2. The van der Waals surface area contributed by atoms with Gasteiger partial charge in [0.05, 0.1) is 0 Å². The Hall–Kier alpha value is -1.68. The second-order valence-electron chi connectivity index (χ2n) is 3.10. The van der Waals surface area contributed by atoms with Gasteiger partial charge in [-0.2, -0.15) is 0 Å². The van der Waals surface area contributed by atoms with Crippen LogP contribution in [0.15, 0.2) is 30.7 Å². The highest BCUT2D eigenvalue weighted by atomic mass is 14.9. The molecule has 3 N–H and O–H groups in total. The van der Waals surface area contributed by atoms with Crippen molar-refractivity contribution in [3.63, 3.8) is 0 Å². The van der Waals surface area contributed by atoms with Gasteiger partial charge in [0.15, 0.2) is 0 Å². The van der Waals surface area contributed by atoms with Crippen molar-refractivity contribution in [3.05, 3.63) is 47.8 Å². The van der Waals surface area contributed by atoms with Gasteiger partial charge in [0.2, 0.25) is 0 Å². The van der Waals surface area contributed by atoms with Crippen LogP contribution in [-0.4, -0.2) is 15.0 Å². The predicted molar refractivity (Wildman–Crippen MR) is 53.5 cm³/mol. The second kappa shape index (κ2) is 4.02. The highest BCUT2D eigenvalue weighted by Crippen LogP contribution is 2.04. The molecule has 14 heavy (non-hydrogen) atoms. The molecule has 2 heterocycles. The number of aromatic amines is 1. The average Bonchev–Trinajstić information content (AvgIpc) is 2.67. The van der Waals surface area contributed by atoms with Gasteiger partial charge in [-0.25, -0.2) is 4.98 Å². The van der Waals surface area contributed by atoms with Gasteiger partial charge in [0, 0.05) is 37.3 Å². The summed E-state index contributed by atoms with van der Waals surface area (Å²) >= 11 is 0. The van der Waals surface area contributed by atoms with Crippen molar-refractivity contribution in [2.24, 2.45) is 5.73 Å². The highest BCUT2D eigenvalue weighted by molar-refractivity contribution is 5.15. The van der Waals surface area contributed by atoms with Crippen molar-refractivity contribution < 1.29 is 0 Å². The van der Waals surface area contributed by atoms with Crippen LogP contribution in [0.5, 0.6) is 0 Å². The number of pyridine rings is 1. The smallest absolute Gasteiger partial charge is 0.110 e. The van der Waals surface area contributed by atoms with Crippen LogP contribution in [0.2, 0.25) is 0 Å². The minimum atomic E-state index is 0.500. The molecule has 0 amide bonds. The molecule has 0 aliphatic rings. The highest BCUT2D eigenvalue weighted by Gasteiger charge is 2.00. The first-order chi connectivity index (χ1) is 6.88. The zero-order valence-corrected chi connectivity index (χ0v) is 7.77. The summed E-state index contributed by atoms with van der Waals surface area (Å²) in [6.07, 6.45) is 6.14. The van der Waals surface area contributed by atoms with Gasteiger partial charge in [-0.3, -0.25) is 4.98 Å². The summed E-state index contributed by atoms with van der Waals surface area (Å²) in [5, 5.41) is 0. The number of rotatable bonds is 3. The molecule has 72 valence electrons. The van der Waals surface area contributed by atoms with Gasteiger partial charge in [-0.05, 0) is 11.6 Å². The van der Waals surface area contributed by atoms with E-state index < -0.39 is 0 Å². The molecule has 0 saturated carbocycles. The molecule has 4 heteroatoms. The van der Waals surface area contributed by atoms with Crippen molar-refractivity contribution in [3.8, 4) is 0 Å². The van der Waals surface area contributed by atoms with Crippen molar-refractivity contribution in [1.29, 1.82) is 0 Å². The zero-order chi connectivity index (χ0) is 9.80. The molecule has 2 aromatic heterocycles. The third-order valence-electron chi connectivity index (χ3n) is 2.00. The van der Waals surface area contributed by atoms with Crippen molar-refractivity contribution in [1.82, 2.24) is 15.0 Å². The molecule has 4 nitrogen and oxygen atoms in total. The lowest BCUT2D eigenvalue weighted by Crippen LogP contribution is -1.97. The summed E-state index contributed by atoms with van der Waals surface area (Å²) in [6.45, 7) is 0.500. The van der Waals surface area contributed by atoms with Gasteiger partial charge in [0.25, 0.3) is 0 Å². The SMILES string of the molecule is NCc1cnc(Cc2cccnc2)[nH]1. The van der Waals surface area contributed by atoms with Gasteiger partial charge in [-0.1, -0.05) is 6.07 Å². The van der Waals surface area contributed by atoms with Gasteiger partial charge < -0.3 is 10.7 Å². The summed E-state index contributed by atoms with van der Waals surface area (Å²) in [7, 11) is 0. The third kappa shape index (κ3) is 1.97. The molecule has 0 atom stereocenters. The Labute approximate surface area is 82.2 Å². The Morgan fingerprint density at radius 3 is 2.93 bits per heavy atom. The number of nitrogens with one attached hydrogen (secondary N) is 1. The topological polar surface area (TPSA) is 67.6 Å². The van der Waals surface area contributed by atoms with Crippen LogP contribution in [0.1, 0.15) is 17.1 Å². The van der Waals surface area contributed by atoms with E-state index in [1.807, 2.05) is 18.3 Å². The predicted octanol–water partition coefficient (Wildman–Crippen LogP) is 0.854. The third-order valence-corrected chi connectivity index (χ3v) is 2.00. The summed E-state index contributed by atoms with van der Waals surface area (Å²) in [5.41, 5.74) is 7.58. The van der Waals surface area contributed by atoms with Crippen LogP contribution < -0.4 is 5.73 Å². The first-order valence-corrected chi connectivity index (χ1v) is 4.50. The molecule has 0 unspecified atom stereocenters. The molecule has 0 fully saturated rings. The van der Waals surface area contributed by atoms with E-state index in [0.29, 0.717) is 6.54 Å². The lowest BCUT2D eigenvalue weighted by Gasteiger charge is -1.96. The Morgan fingerprint density at radius 1 is 1.36 bits per heavy atom. The number of imidazole rings is 1. The lowest BCUT2D eigenvalue weighted by molar-refractivity contribution is 0.964. The molecule has 0 aliphatic heterocycles. The minimum absolute atomic E-state index is 0.500. The number of nitrogens with zero attached hydrogens (tertiary/aromatic N) is 2. The summed E-state index contributed by atoms with van der Waals surface area (Å²) in [4.78, 5) is 11.4. The van der Waals surface area contributed by atoms with Gasteiger partial charge in [-0.15, -0.1) is 0 Å². The zero-order valence-electron chi connectivity index (χ0n) is 7.77. The van der Waals surface area contributed by atoms with E-state index in [4.69, 9.17) is 5.73 Å². The van der Waals surface area contributed by atoms with E-state index in [-0.39, 0.29) is 0 Å². The summed E-state index contributed by atoms with van der Waals surface area (Å²) in [6, 6.07) is 3.94. The molecule has 2 rings (SSSR count). The largest absolute Gasteiger partial charge is 0.345 e. The molecule has 0 saturated heterocycles. The summed E-state index contributed by atoms with van der Waals surface area (Å²) in [5.74, 6) is 0.929. The van der Waals surface area contributed by atoms with E-state index in [1.165, 1.54) is 0 Å². The molecule has 0 bridgehead atoms. The number of hydrogen-bond donors (Lipinski definition) is 2. The standard InChI is InChI=1S/C10H12N4/c11-5-9-7-13-10(14-9)4-8-2-1-3-12-6-8/h1-3,6-7H,4-5,11H2,(H,13,14). The van der Waals surface area contributed by atoms with Crippen molar-refractivity contribution >= 4 is 0 Å². The number of hydrogen-bond acceptors (Lipinski definition) is 3. The second-order valence-corrected chi connectivity index (χ2v) is 3.10. The quantitative estimate of drug-likeness (QED) is 0.750. The van der Waals surface area contributed by atoms with Crippen LogP contribution in [-0.2, 0) is 13.0 Å². The number of nitrogens with two attached hydrogens (primary N) is 1. The average molecular weight is 188 g/mol. The van der Waals surface area contributed by atoms with Crippen LogP contribution in [0.4, 0.5) is 0 Å². The molecule has 0 aliphatic carbocycles. The molecule has 2 aromatic rings. The molecule has 0 spiro atoms. The van der Waals surface area contributed by atoms with Crippen LogP contribution in [0, 0.1) is 0 Å². The fraction of sp³-hybridized carbons (Fsp3) is 0.200. The van der Waals surface area contributed by atoms with E-state index >= 15 is 0 Å². The first-order valence-electron chi connectivity index (χ1n) is 4.50. The van der Waals surface area contributed by atoms with E-state index in [1.54, 1.807) is 12.4 Å². The fourth-order valence-corrected chi connectivity index (χ4v) is 1.30.